The molecule has 0 amide bonds. The first-order chi connectivity index (χ1) is 16.8. The molecule has 0 aromatic heterocycles. The van der Waals surface area contributed by atoms with E-state index in [0.29, 0.717) is 5.75 Å². The molecule has 180 valence electrons. The summed E-state index contributed by atoms with van der Waals surface area (Å²) >= 11 is -5.43. The van der Waals surface area contributed by atoms with Crippen molar-refractivity contribution in [2.24, 2.45) is 0 Å². The molecule has 0 atom stereocenters. The second kappa shape index (κ2) is 12.3. The van der Waals surface area contributed by atoms with Crippen LogP contribution < -0.4 is 7.86 Å². The Labute approximate surface area is 210 Å². The van der Waals surface area contributed by atoms with Crippen LogP contribution in [0.25, 0.3) is 5.57 Å². The normalized spacial score (nSPS) is 10.6. The van der Waals surface area contributed by atoms with Crippen LogP contribution in [0.5, 0.6) is 5.75 Å². The third kappa shape index (κ3) is 7.25. The van der Waals surface area contributed by atoms with Crippen molar-refractivity contribution < 1.29 is 27.2 Å². The van der Waals surface area contributed by atoms with Crippen molar-refractivity contribution in [1.82, 2.24) is 0 Å². The molecule has 0 unspecified atom stereocenters. The van der Waals surface area contributed by atoms with Gasteiger partial charge in [-0.2, -0.15) is 0 Å². The van der Waals surface area contributed by atoms with Crippen molar-refractivity contribution in [1.29, 1.82) is 0 Å². The zero-order valence-corrected chi connectivity index (χ0v) is 23.6. The summed E-state index contributed by atoms with van der Waals surface area (Å²) in [4.78, 5) is 35.8. The molecule has 0 saturated carbocycles. The van der Waals surface area contributed by atoms with Gasteiger partial charge in [-0.05, 0) is 0 Å². The molecule has 7 nitrogen and oxygen atoms in total. The summed E-state index contributed by atoms with van der Waals surface area (Å²) in [5, 5.41) is 0. The molecular formula is C27H26O7Pb. The van der Waals surface area contributed by atoms with Crippen molar-refractivity contribution in [3.05, 3.63) is 102 Å². The molecule has 3 rings (SSSR count). The van der Waals surface area contributed by atoms with Crippen LogP contribution in [0.1, 0.15) is 31.9 Å². The monoisotopic (exact) mass is 670 g/mol. The molecule has 8 heteroatoms. The topological polar surface area (TPSA) is 88.1 Å². The zero-order chi connectivity index (χ0) is 25.3. The predicted octanol–water partition coefficient (Wildman–Crippen LogP) is 4.03. The van der Waals surface area contributed by atoms with E-state index in [1.807, 2.05) is 66.7 Å². The SMILES string of the molecule is CC(=O)[O][Pb]([O]C(C)=O)([O]C(C)=O)[c]1ccccc1OCC=C(c1ccccc1)c1ccccc1. The van der Waals surface area contributed by atoms with Crippen molar-refractivity contribution in [3.63, 3.8) is 0 Å². The molecular weight excluding hydrogens is 643 g/mol. The van der Waals surface area contributed by atoms with Crippen molar-refractivity contribution in [2.75, 3.05) is 6.61 Å². The van der Waals surface area contributed by atoms with E-state index in [1.54, 1.807) is 24.3 Å². The quantitative estimate of drug-likeness (QED) is 0.318. The van der Waals surface area contributed by atoms with Gasteiger partial charge in [0.05, 0.1) is 0 Å². The van der Waals surface area contributed by atoms with Gasteiger partial charge in [-0.25, -0.2) is 0 Å². The minimum absolute atomic E-state index is 0.153. The van der Waals surface area contributed by atoms with Crippen LogP contribution in [0.3, 0.4) is 0 Å². The summed E-state index contributed by atoms with van der Waals surface area (Å²) in [7, 11) is 0. The third-order valence-corrected chi connectivity index (χ3v) is 15.4. The van der Waals surface area contributed by atoms with E-state index in [2.05, 4.69) is 0 Å². The molecule has 0 aliphatic heterocycles. The third-order valence-electron chi connectivity index (χ3n) is 4.75. The summed E-state index contributed by atoms with van der Waals surface area (Å²) in [5.74, 6) is -1.87. The van der Waals surface area contributed by atoms with Gasteiger partial charge in [-0.15, -0.1) is 0 Å². The van der Waals surface area contributed by atoms with E-state index >= 15 is 0 Å². The minimum atomic E-state index is -5.43. The molecule has 0 radical (unpaired) electrons. The van der Waals surface area contributed by atoms with Crippen LogP contribution in [-0.2, 0) is 22.4 Å². The zero-order valence-electron chi connectivity index (χ0n) is 19.7. The Morgan fingerprint density at radius 3 is 1.54 bits per heavy atom. The Bertz CT molecular complexity index is 1120. The van der Waals surface area contributed by atoms with E-state index in [4.69, 9.17) is 12.8 Å². The fourth-order valence-corrected chi connectivity index (χ4v) is 12.6. The van der Waals surface area contributed by atoms with Crippen molar-refractivity contribution in [2.45, 2.75) is 20.8 Å². The first-order valence-electron chi connectivity index (χ1n) is 10.9. The number of para-hydroxylation sites is 1. The molecule has 0 N–H and O–H groups in total. The van der Waals surface area contributed by atoms with Crippen molar-refractivity contribution in [3.8, 4) is 5.75 Å². The molecule has 0 bridgehead atoms. The first kappa shape index (κ1) is 26.1. The van der Waals surface area contributed by atoms with Gasteiger partial charge < -0.3 is 0 Å². The van der Waals surface area contributed by atoms with Crippen LogP contribution in [0, 0.1) is 0 Å². The number of ether oxygens (including phenoxy) is 1. The average Bonchev–Trinajstić information content (AvgIpc) is 2.82. The van der Waals surface area contributed by atoms with Gasteiger partial charge in [-0.3, -0.25) is 0 Å². The molecule has 0 aliphatic carbocycles. The van der Waals surface area contributed by atoms with E-state index in [9.17, 15) is 14.4 Å². The van der Waals surface area contributed by atoms with Crippen LogP contribution in [0.15, 0.2) is 91.0 Å². The van der Waals surface area contributed by atoms with E-state index in [1.165, 1.54) is 20.8 Å². The van der Waals surface area contributed by atoms with Gasteiger partial charge in [0.2, 0.25) is 0 Å². The van der Waals surface area contributed by atoms with Gasteiger partial charge in [-0.1, -0.05) is 0 Å². The molecule has 0 fully saturated rings. The Morgan fingerprint density at radius 2 is 1.09 bits per heavy atom. The van der Waals surface area contributed by atoms with Crippen LogP contribution >= 0.6 is 0 Å². The first-order valence-corrected chi connectivity index (χ1v) is 17.6. The maximum absolute atomic E-state index is 11.9. The maximum atomic E-state index is 11.9. The van der Waals surface area contributed by atoms with Crippen LogP contribution in [-0.4, -0.2) is 47.0 Å². The number of benzene rings is 3. The van der Waals surface area contributed by atoms with Crippen LogP contribution in [0.4, 0.5) is 0 Å². The fraction of sp³-hybridized carbons (Fsp3) is 0.148. The molecule has 0 spiro atoms. The Balaban J connectivity index is 1.99. The van der Waals surface area contributed by atoms with Crippen LogP contribution in [0.2, 0.25) is 0 Å². The predicted molar refractivity (Wildman–Crippen MR) is 133 cm³/mol. The summed E-state index contributed by atoms with van der Waals surface area (Å²) in [5.41, 5.74) is 3.01. The van der Waals surface area contributed by atoms with Gasteiger partial charge >= 0.3 is 212 Å². The Kier molecular flexibility index (Phi) is 9.19. The molecule has 0 saturated heterocycles. The molecule has 3 aromatic rings. The van der Waals surface area contributed by atoms with E-state index in [0.717, 1.165) is 16.7 Å². The Morgan fingerprint density at radius 1 is 0.657 bits per heavy atom. The van der Waals surface area contributed by atoms with Crippen molar-refractivity contribution >= 4 is 49.1 Å². The summed E-state index contributed by atoms with van der Waals surface area (Å²) < 4.78 is 22.7. The second-order valence-corrected chi connectivity index (χ2v) is 16.3. The van der Waals surface area contributed by atoms with Gasteiger partial charge in [0.25, 0.3) is 0 Å². The molecule has 35 heavy (non-hydrogen) atoms. The number of hydrogen-bond donors (Lipinski definition) is 0. The standard InChI is InChI=1S/C21H17O.3C2H4O2.Pb/c1-4-10-18(11-5-1)21(19-12-6-2-7-13-19)16-17-22-20-14-8-3-9-15-20;3*1-2(3)4;/h1-14,16H,17H2;3*1H3,(H,3,4);/q;;;;+3/p-3. The van der Waals surface area contributed by atoms with E-state index < -0.39 is 40.4 Å². The molecule has 0 aliphatic rings. The summed E-state index contributed by atoms with van der Waals surface area (Å²) in [6, 6.07) is 26.4. The average molecular weight is 670 g/mol. The number of hydrogen-bond acceptors (Lipinski definition) is 7. The molecule has 3 aromatic carbocycles. The van der Waals surface area contributed by atoms with Gasteiger partial charge in [0, 0.05) is 0 Å². The number of carbonyl (C=O) groups excluding carboxylic acids is 3. The van der Waals surface area contributed by atoms with Gasteiger partial charge in [0.15, 0.2) is 0 Å². The number of carbonyl (C=O) groups is 3. The summed E-state index contributed by atoms with van der Waals surface area (Å²) in [6.45, 7) is 3.65. The second-order valence-electron chi connectivity index (χ2n) is 7.49. The van der Waals surface area contributed by atoms with Gasteiger partial charge in [0.1, 0.15) is 0 Å². The van der Waals surface area contributed by atoms with E-state index in [-0.39, 0.29) is 9.73 Å². The Hall–Kier alpha value is -3.47. The molecule has 0 heterocycles. The summed E-state index contributed by atoms with van der Waals surface area (Å²) in [6.07, 6.45) is 1.93. The fourth-order valence-electron chi connectivity index (χ4n) is 3.49. The number of rotatable bonds is 9.